The van der Waals surface area contributed by atoms with Gasteiger partial charge in [0.15, 0.2) is 0 Å². The van der Waals surface area contributed by atoms with Gasteiger partial charge in [0.2, 0.25) is 0 Å². The molecule has 0 aliphatic heterocycles. The van der Waals surface area contributed by atoms with Gasteiger partial charge in [-0.2, -0.15) is 0 Å². The van der Waals surface area contributed by atoms with Gasteiger partial charge >= 0.3 is 0 Å². The van der Waals surface area contributed by atoms with E-state index in [1.165, 1.54) is 76.0 Å². The highest BCUT2D eigenvalue weighted by molar-refractivity contribution is 7.38. The van der Waals surface area contributed by atoms with Gasteiger partial charge in [-0.05, 0) is 40.1 Å². The quantitative estimate of drug-likeness (QED) is 0.513. The Labute approximate surface area is 137 Å². The Bertz CT molecular complexity index is 535. The number of rotatable bonds is 1. The summed E-state index contributed by atoms with van der Waals surface area (Å²) in [6.07, 6.45) is 15.9. The Hall–Kier alpha value is -0.740. The van der Waals surface area contributed by atoms with Crippen molar-refractivity contribution in [3.63, 3.8) is 0 Å². The van der Waals surface area contributed by atoms with Crippen molar-refractivity contribution in [1.29, 1.82) is 0 Å². The molecule has 1 aliphatic carbocycles. The molecular formula is C21H31P. The Morgan fingerprint density at radius 3 is 1.91 bits per heavy atom. The van der Waals surface area contributed by atoms with Gasteiger partial charge in [-0.15, -0.1) is 8.19 Å². The summed E-state index contributed by atoms with van der Waals surface area (Å²) < 4.78 is 0. The van der Waals surface area contributed by atoms with Crippen molar-refractivity contribution >= 4 is 18.7 Å². The van der Waals surface area contributed by atoms with E-state index in [1.807, 2.05) is 0 Å². The van der Waals surface area contributed by atoms with Gasteiger partial charge < -0.3 is 0 Å². The smallest absolute Gasteiger partial charge is 0.00154 e. The lowest BCUT2D eigenvalue weighted by atomic mass is 9.78. The molecule has 3 rings (SSSR count). The van der Waals surface area contributed by atoms with Gasteiger partial charge in [-0.25, -0.2) is 0 Å². The third-order valence-electron chi connectivity index (χ3n) is 5.64. The summed E-state index contributed by atoms with van der Waals surface area (Å²) in [5, 5.41) is 4.80. The lowest BCUT2D eigenvalue weighted by molar-refractivity contribution is 0.362. The van der Waals surface area contributed by atoms with Gasteiger partial charge in [0, 0.05) is 0 Å². The first kappa shape index (κ1) is 16.1. The molecule has 1 unspecified atom stereocenters. The van der Waals surface area contributed by atoms with E-state index in [0.29, 0.717) is 5.41 Å². The van der Waals surface area contributed by atoms with Crippen LogP contribution in [-0.4, -0.2) is 0 Å². The number of benzene rings is 1. The molecule has 0 nitrogen and oxygen atoms in total. The Morgan fingerprint density at radius 1 is 0.773 bits per heavy atom. The van der Waals surface area contributed by atoms with Crippen molar-refractivity contribution in [3.8, 4) is 0 Å². The third-order valence-corrected chi connectivity index (χ3v) is 7.38. The van der Waals surface area contributed by atoms with E-state index >= 15 is 0 Å². The minimum Gasteiger partial charge on any atom is -0.128 e. The van der Waals surface area contributed by atoms with E-state index in [0.717, 1.165) is 8.19 Å². The first-order valence-electron chi connectivity index (χ1n) is 9.36. The molecule has 1 aromatic carbocycles. The second-order valence-electron chi connectivity index (χ2n) is 7.51. The summed E-state index contributed by atoms with van der Waals surface area (Å²) in [4.78, 5) is 0. The largest absolute Gasteiger partial charge is 0.128 e. The molecule has 0 amide bonds. The second kappa shape index (κ2) is 7.69. The highest BCUT2D eigenvalue weighted by Gasteiger charge is 2.27. The fourth-order valence-corrected chi connectivity index (χ4v) is 5.61. The number of hydrogen-bond donors (Lipinski definition) is 0. The standard InChI is InChI=1S/C21H31P/c1-21(20-17-18-13-9-10-14-19(18)22-20)15-11-7-5-3-2-4-6-8-12-16-21/h9-10,13-14,17,22H,2-8,11-12,15-16H2,1H3. The molecule has 1 heterocycles. The van der Waals surface area contributed by atoms with Crippen molar-refractivity contribution in [2.45, 2.75) is 83.0 Å². The summed E-state index contributed by atoms with van der Waals surface area (Å²) in [6, 6.07) is 11.5. The zero-order valence-corrected chi connectivity index (χ0v) is 15.2. The molecule has 120 valence electrons. The normalized spacial score (nSPS) is 21.5. The van der Waals surface area contributed by atoms with Gasteiger partial charge in [0.1, 0.15) is 0 Å². The van der Waals surface area contributed by atoms with Gasteiger partial charge in [0.05, 0.1) is 0 Å². The third kappa shape index (κ3) is 3.96. The molecule has 0 bridgehead atoms. The number of hydrogen-bond acceptors (Lipinski definition) is 0. The molecule has 1 aromatic heterocycles. The fraction of sp³-hybridized carbons (Fsp3) is 0.619. The lowest BCUT2D eigenvalue weighted by Gasteiger charge is -2.30. The molecule has 0 radical (unpaired) electrons. The maximum Gasteiger partial charge on any atom is -0.00154 e. The highest BCUT2D eigenvalue weighted by Crippen LogP contribution is 2.44. The van der Waals surface area contributed by atoms with Crippen LogP contribution in [-0.2, 0) is 5.41 Å². The minimum atomic E-state index is 0.455. The average molecular weight is 314 g/mol. The van der Waals surface area contributed by atoms with E-state index < -0.39 is 0 Å². The predicted molar refractivity (Wildman–Crippen MR) is 102 cm³/mol. The monoisotopic (exact) mass is 314 g/mol. The van der Waals surface area contributed by atoms with Crippen LogP contribution in [0.2, 0.25) is 0 Å². The summed E-state index contributed by atoms with van der Waals surface area (Å²) in [5.74, 6) is 0. The van der Waals surface area contributed by atoms with Gasteiger partial charge in [-0.3, -0.25) is 0 Å². The van der Waals surface area contributed by atoms with E-state index in [1.54, 1.807) is 10.4 Å². The van der Waals surface area contributed by atoms with Crippen LogP contribution < -0.4 is 0 Å². The highest BCUT2D eigenvalue weighted by atomic mass is 31.0. The summed E-state index contributed by atoms with van der Waals surface area (Å²) in [7, 11) is 0.921. The molecule has 1 saturated carbocycles. The predicted octanol–water partition coefficient (Wildman–Crippen LogP) is 7.43. The fourth-order valence-electron chi connectivity index (χ4n) is 4.06. The van der Waals surface area contributed by atoms with Crippen molar-refractivity contribution in [2.75, 3.05) is 0 Å². The SMILES string of the molecule is CC1(c2cc3ccccc3[pH]2)CCCCCCCCCCC1. The minimum absolute atomic E-state index is 0.455. The van der Waals surface area contributed by atoms with Gasteiger partial charge in [-0.1, -0.05) is 89.0 Å². The summed E-state index contributed by atoms with van der Waals surface area (Å²) >= 11 is 0. The van der Waals surface area contributed by atoms with Crippen molar-refractivity contribution in [1.82, 2.24) is 0 Å². The van der Waals surface area contributed by atoms with Crippen LogP contribution in [0.5, 0.6) is 0 Å². The van der Waals surface area contributed by atoms with Crippen LogP contribution in [0.15, 0.2) is 30.3 Å². The van der Waals surface area contributed by atoms with Crippen LogP contribution in [0.4, 0.5) is 0 Å². The maximum atomic E-state index is 2.56. The van der Waals surface area contributed by atoms with Crippen molar-refractivity contribution in [3.05, 3.63) is 35.6 Å². The van der Waals surface area contributed by atoms with Gasteiger partial charge in [0.25, 0.3) is 0 Å². The van der Waals surface area contributed by atoms with E-state index in [2.05, 4.69) is 37.3 Å². The molecule has 1 atom stereocenters. The molecule has 0 spiro atoms. The number of fused-ring (bicyclic) bond motifs is 1. The topological polar surface area (TPSA) is 0 Å². The Morgan fingerprint density at radius 2 is 1.32 bits per heavy atom. The van der Waals surface area contributed by atoms with E-state index in [9.17, 15) is 0 Å². The molecule has 2 aromatic rings. The van der Waals surface area contributed by atoms with Crippen LogP contribution in [0.25, 0.3) is 10.5 Å². The first-order chi connectivity index (χ1) is 10.8. The van der Waals surface area contributed by atoms with Crippen molar-refractivity contribution < 1.29 is 0 Å². The maximum absolute atomic E-state index is 2.56. The molecule has 1 heteroatoms. The Kier molecular flexibility index (Phi) is 5.64. The lowest BCUT2D eigenvalue weighted by Crippen LogP contribution is -2.20. The van der Waals surface area contributed by atoms with E-state index in [4.69, 9.17) is 0 Å². The zero-order valence-electron chi connectivity index (χ0n) is 14.2. The molecule has 0 saturated heterocycles. The summed E-state index contributed by atoms with van der Waals surface area (Å²) in [6.45, 7) is 2.56. The molecular weight excluding hydrogens is 283 g/mol. The van der Waals surface area contributed by atoms with Crippen molar-refractivity contribution in [2.24, 2.45) is 0 Å². The molecule has 0 N–H and O–H groups in total. The second-order valence-corrected chi connectivity index (χ2v) is 8.84. The van der Waals surface area contributed by atoms with Crippen LogP contribution in [0.1, 0.15) is 82.8 Å². The van der Waals surface area contributed by atoms with Crippen LogP contribution in [0, 0.1) is 0 Å². The van der Waals surface area contributed by atoms with Crippen LogP contribution >= 0.6 is 8.19 Å². The zero-order chi connectivity index (χ0) is 15.3. The van der Waals surface area contributed by atoms with E-state index in [-0.39, 0.29) is 0 Å². The van der Waals surface area contributed by atoms with Crippen LogP contribution in [0.3, 0.4) is 0 Å². The molecule has 22 heavy (non-hydrogen) atoms. The average Bonchev–Trinajstić information content (AvgIpc) is 2.96. The first-order valence-corrected chi connectivity index (χ1v) is 10.4. The molecule has 1 aliphatic rings. The summed E-state index contributed by atoms with van der Waals surface area (Å²) in [5.41, 5.74) is 0.455. The molecule has 1 fully saturated rings. The Balaban J connectivity index is 1.78.